The summed E-state index contributed by atoms with van der Waals surface area (Å²) in [6, 6.07) is 6.11. The van der Waals surface area contributed by atoms with E-state index in [9.17, 15) is 4.79 Å². The number of carbonyl (C=O) groups excluding carboxylic acids is 1. The zero-order valence-electron chi connectivity index (χ0n) is 17.0. The average molecular weight is 404 g/mol. The fraction of sp³-hybridized carbons (Fsp3) is 0.619. The summed E-state index contributed by atoms with van der Waals surface area (Å²) in [6.45, 7) is 5.84. The molecule has 7 heteroatoms. The second kappa shape index (κ2) is 6.87. The van der Waals surface area contributed by atoms with Crippen LogP contribution in [0.2, 0.25) is 0 Å². The number of aliphatic imine (C=N–C) groups is 1. The van der Waals surface area contributed by atoms with E-state index >= 15 is 0 Å². The second-order valence-electron chi connectivity index (χ2n) is 9.02. The number of thioether (sulfide) groups is 1. The lowest BCUT2D eigenvalue weighted by Crippen LogP contribution is -2.55. The maximum atomic E-state index is 12.5. The fourth-order valence-electron chi connectivity index (χ4n) is 4.54. The molecular formula is C21H29N3O3S. The Balaban J connectivity index is 1.67. The molecule has 1 aromatic rings. The second-order valence-corrected chi connectivity index (χ2v) is 10.0. The van der Waals surface area contributed by atoms with Crippen LogP contribution < -0.4 is 20.5 Å². The average Bonchev–Trinajstić information content (AvgIpc) is 3.03. The molecule has 0 aromatic heterocycles. The first-order valence-corrected chi connectivity index (χ1v) is 10.9. The van der Waals surface area contributed by atoms with Gasteiger partial charge in [0.05, 0.1) is 7.11 Å². The van der Waals surface area contributed by atoms with Crippen molar-refractivity contribution in [3.05, 3.63) is 23.8 Å². The topological polar surface area (TPSA) is 85.9 Å². The Hall–Kier alpha value is -1.89. The van der Waals surface area contributed by atoms with Gasteiger partial charge in [-0.2, -0.15) is 0 Å². The van der Waals surface area contributed by atoms with Crippen LogP contribution in [-0.4, -0.2) is 36.1 Å². The van der Waals surface area contributed by atoms with Crippen molar-refractivity contribution in [2.24, 2.45) is 22.1 Å². The van der Waals surface area contributed by atoms with Crippen molar-refractivity contribution in [1.29, 1.82) is 0 Å². The normalized spacial score (nSPS) is 31.4. The van der Waals surface area contributed by atoms with Crippen molar-refractivity contribution in [2.45, 2.75) is 57.7 Å². The molecule has 1 saturated carbocycles. The number of benzene rings is 1. The van der Waals surface area contributed by atoms with E-state index in [1.54, 1.807) is 18.9 Å². The van der Waals surface area contributed by atoms with Crippen LogP contribution in [0.5, 0.6) is 11.5 Å². The molecule has 1 amide bonds. The van der Waals surface area contributed by atoms with Gasteiger partial charge in [0.15, 0.2) is 5.17 Å². The van der Waals surface area contributed by atoms with Gasteiger partial charge in [-0.25, -0.2) is 4.99 Å². The largest absolute Gasteiger partial charge is 0.497 e. The Bertz CT molecular complexity index is 820. The molecule has 0 saturated heterocycles. The summed E-state index contributed by atoms with van der Waals surface area (Å²) in [6.07, 6.45) is 2.70. The zero-order valence-corrected chi connectivity index (χ0v) is 17.8. The summed E-state index contributed by atoms with van der Waals surface area (Å²) in [4.78, 5) is 17.5. The number of methoxy groups -OCH3 is 1. The molecule has 0 radical (unpaired) electrons. The highest BCUT2D eigenvalue weighted by Gasteiger charge is 2.54. The van der Waals surface area contributed by atoms with E-state index in [0.717, 1.165) is 42.1 Å². The summed E-state index contributed by atoms with van der Waals surface area (Å²) in [5.74, 6) is 2.71. The number of nitrogens with zero attached hydrogens (tertiary/aromatic N) is 1. The van der Waals surface area contributed by atoms with Crippen LogP contribution in [0.15, 0.2) is 23.2 Å². The van der Waals surface area contributed by atoms with Gasteiger partial charge in [0, 0.05) is 34.8 Å². The molecule has 6 nitrogen and oxygen atoms in total. The minimum atomic E-state index is -0.398. The molecule has 1 aliphatic carbocycles. The van der Waals surface area contributed by atoms with Gasteiger partial charge in [-0.1, -0.05) is 32.5 Å². The lowest BCUT2D eigenvalue weighted by molar-refractivity contribution is -0.130. The molecule has 4 atom stereocenters. The first-order chi connectivity index (χ1) is 13.2. The number of hydrogen-bond acceptors (Lipinski definition) is 6. The Morgan fingerprint density at radius 1 is 1.39 bits per heavy atom. The van der Waals surface area contributed by atoms with Gasteiger partial charge in [-0.05, 0) is 31.4 Å². The van der Waals surface area contributed by atoms with E-state index in [0.29, 0.717) is 5.17 Å². The van der Waals surface area contributed by atoms with Gasteiger partial charge >= 0.3 is 0 Å². The van der Waals surface area contributed by atoms with E-state index < -0.39 is 11.0 Å². The molecule has 1 fully saturated rings. The van der Waals surface area contributed by atoms with E-state index in [1.165, 1.54) is 0 Å². The molecule has 1 aromatic carbocycles. The molecule has 2 aliphatic heterocycles. The Labute approximate surface area is 170 Å². The van der Waals surface area contributed by atoms with Gasteiger partial charge < -0.3 is 20.5 Å². The van der Waals surface area contributed by atoms with Crippen LogP contribution in [0, 0.1) is 11.3 Å². The SMILES string of the molecule is COc1ccc2c(c1)O[C@H]1CC[C@H](NC(=O)C(C)(C)C)C[C@@H]1C21CSC(N)=N1. The summed E-state index contributed by atoms with van der Waals surface area (Å²) >= 11 is 1.60. The minimum absolute atomic E-state index is 0.0673. The Kier molecular flexibility index (Phi) is 4.76. The van der Waals surface area contributed by atoms with E-state index in [-0.39, 0.29) is 24.0 Å². The molecular weight excluding hydrogens is 374 g/mol. The van der Waals surface area contributed by atoms with E-state index in [2.05, 4.69) is 11.4 Å². The van der Waals surface area contributed by atoms with Crippen molar-refractivity contribution < 1.29 is 14.3 Å². The molecule has 28 heavy (non-hydrogen) atoms. The fourth-order valence-corrected chi connectivity index (χ4v) is 5.57. The van der Waals surface area contributed by atoms with E-state index in [4.69, 9.17) is 20.2 Å². The summed E-state index contributed by atoms with van der Waals surface area (Å²) < 4.78 is 11.8. The molecule has 152 valence electrons. The van der Waals surface area contributed by atoms with Crippen molar-refractivity contribution in [3.8, 4) is 11.5 Å². The first kappa shape index (κ1) is 19.4. The van der Waals surface area contributed by atoms with Crippen LogP contribution in [0.3, 0.4) is 0 Å². The Morgan fingerprint density at radius 2 is 2.18 bits per heavy atom. The number of amidine groups is 1. The number of rotatable bonds is 2. The number of ether oxygens (including phenoxy) is 2. The molecule has 0 bridgehead atoms. The molecule has 1 unspecified atom stereocenters. The number of amides is 1. The minimum Gasteiger partial charge on any atom is -0.497 e. The number of carbonyl (C=O) groups is 1. The van der Waals surface area contributed by atoms with Crippen LogP contribution in [0.25, 0.3) is 0 Å². The van der Waals surface area contributed by atoms with Crippen molar-refractivity contribution >= 4 is 22.8 Å². The standard InChI is InChI=1S/C21H29N3O3S/c1-20(2,3)18(25)23-12-5-8-16-15(9-12)21(11-28-19(22)24-21)14-7-6-13(26-4)10-17(14)27-16/h6-7,10,12,15-16H,5,8-9,11H2,1-4H3,(H2,22,24)(H,23,25)/t12-,15-,16-,21?/m0/s1. The third-order valence-electron chi connectivity index (χ3n) is 6.10. The van der Waals surface area contributed by atoms with Gasteiger partial charge in [-0.15, -0.1) is 0 Å². The quantitative estimate of drug-likeness (QED) is 0.793. The monoisotopic (exact) mass is 403 g/mol. The van der Waals surface area contributed by atoms with Crippen LogP contribution in [0.4, 0.5) is 0 Å². The zero-order chi connectivity index (χ0) is 20.1. The molecule has 3 N–H and O–H groups in total. The molecule has 1 spiro atoms. The van der Waals surface area contributed by atoms with E-state index in [1.807, 2.05) is 32.9 Å². The van der Waals surface area contributed by atoms with Crippen molar-refractivity contribution in [3.63, 3.8) is 0 Å². The highest BCUT2D eigenvalue weighted by Crippen LogP contribution is 2.54. The molecule has 3 aliphatic rings. The third-order valence-corrected chi connectivity index (χ3v) is 7.07. The van der Waals surface area contributed by atoms with Crippen molar-refractivity contribution in [1.82, 2.24) is 5.32 Å². The summed E-state index contributed by atoms with van der Waals surface area (Å²) in [5, 5.41) is 3.88. The van der Waals surface area contributed by atoms with Crippen LogP contribution in [0.1, 0.15) is 45.6 Å². The maximum Gasteiger partial charge on any atom is 0.225 e. The predicted octanol–water partition coefficient (Wildman–Crippen LogP) is 3.04. The summed E-state index contributed by atoms with van der Waals surface area (Å²) in [5.41, 5.74) is 6.41. The molecule has 4 rings (SSSR count). The smallest absolute Gasteiger partial charge is 0.225 e. The van der Waals surface area contributed by atoms with Gasteiger partial charge in [0.25, 0.3) is 0 Å². The lowest BCUT2D eigenvalue weighted by atomic mass is 9.67. The highest BCUT2D eigenvalue weighted by atomic mass is 32.2. The first-order valence-electron chi connectivity index (χ1n) is 9.87. The van der Waals surface area contributed by atoms with Crippen LogP contribution in [-0.2, 0) is 10.3 Å². The van der Waals surface area contributed by atoms with Gasteiger partial charge in [-0.3, -0.25) is 4.79 Å². The number of hydrogen-bond donors (Lipinski definition) is 2. The summed E-state index contributed by atoms with van der Waals surface area (Å²) in [7, 11) is 1.66. The maximum absolute atomic E-state index is 12.5. The third kappa shape index (κ3) is 3.23. The lowest BCUT2D eigenvalue weighted by Gasteiger charge is -2.49. The number of fused-ring (bicyclic) bond motifs is 4. The van der Waals surface area contributed by atoms with Crippen molar-refractivity contribution in [2.75, 3.05) is 12.9 Å². The van der Waals surface area contributed by atoms with Gasteiger partial charge in [0.2, 0.25) is 5.91 Å². The number of nitrogens with two attached hydrogens (primary N) is 1. The van der Waals surface area contributed by atoms with Crippen LogP contribution >= 0.6 is 11.8 Å². The predicted molar refractivity (Wildman–Crippen MR) is 112 cm³/mol. The highest BCUT2D eigenvalue weighted by molar-refractivity contribution is 8.14. The Morgan fingerprint density at radius 3 is 2.82 bits per heavy atom. The molecule has 2 heterocycles. The van der Waals surface area contributed by atoms with Gasteiger partial charge in [0.1, 0.15) is 23.1 Å². The number of nitrogens with one attached hydrogen (secondary N) is 1.